The summed E-state index contributed by atoms with van der Waals surface area (Å²) in [5.74, 6) is 0.185. The number of hydrogen-bond donors (Lipinski definition) is 4. The molecule has 6 N–H and O–H groups in total. The van der Waals surface area contributed by atoms with E-state index in [1.165, 1.54) is 17.4 Å². The monoisotopic (exact) mass is 658 g/mol. The molecule has 0 unspecified atom stereocenters. The van der Waals surface area contributed by atoms with E-state index in [4.69, 9.17) is 16.2 Å². The molecule has 2 aliphatic rings. The normalized spacial score (nSPS) is 18.1. The molecule has 3 aromatic carbocycles. The summed E-state index contributed by atoms with van der Waals surface area (Å²) in [4.78, 5) is 49.5. The van der Waals surface area contributed by atoms with Crippen LogP contribution in [-0.2, 0) is 29.1 Å². The number of amides is 4. The number of phenolic OH excluding ortho intramolecular Hbond substituents is 1. The van der Waals surface area contributed by atoms with Gasteiger partial charge in [-0.2, -0.15) is 5.01 Å². The van der Waals surface area contributed by atoms with Gasteiger partial charge in [-0.1, -0.05) is 48.6 Å². The third-order valence-corrected chi connectivity index (χ3v) is 9.40. The summed E-state index contributed by atoms with van der Waals surface area (Å²) in [5.41, 5.74) is 15.4. The lowest BCUT2D eigenvalue weighted by atomic mass is 9.99. The Bertz CT molecular complexity index is 1800. The van der Waals surface area contributed by atoms with Crippen molar-refractivity contribution in [1.82, 2.24) is 30.1 Å². The molecule has 4 aromatic rings. The Morgan fingerprint density at radius 1 is 1.13 bits per heavy atom. The van der Waals surface area contributed by atoms with E-state index in [1.54, 1.807) is 39.1 Å². The van der Waals surface area contributed by atoms with E-state index in [0.717, 1.165) is 27.1 Å². The third-order valence-electron chi connectivity index (χ3n) is 8.55. The van der Waals surface area contributed by atoms with Gasteiger partial charge in [-0.3, -0.25) is 14.6 Å². The van der Waals surface area contributed by atoms with E-state index < -0.39 is 12.2 Å². The Hall–Kier alpha value is -5.08. The lowest BCUT2D eigenvalue weighted by Crippen LogP contribution is -2.66. The Labute approximate surface area is 276 Å². The van der Waals surface area contributed by atoms with E-state index in [-0.39, 0.29) is 61.9 Å². The van der Waals surface area contributed by atoms with Crippen LogP contribution in [0.1, 0.15) is 30.0 Å². The highest BCUT2D eigenvalue weighted by Gasteiger charge is 2.52. The number of rotatable bonds is 10. The molecule has 47 heavy (non-hydrogen) atoms. The standard InChI is InChI=1S/C33H38N8O5S/c1-3-13-39(33(45)36-16-20-7-10-23(46-2)11-8-20)40-19-29(43)41-25(15-21-9-12-26(42)24(34)14-21)31(44)38(18-28(40)41)17-22-5-4-6-27-30(22)37-32(35)47-27/h4-12,14,25,28,42H,3,13,15-19,34H2,1-2H3,(H2,35,37)(H,36,45)/t25-,28+/m0/s1. The van der Waals surface area contributed by atoms with Crippen molar-refractivity contribution in [2.24, 2.45) is 0 Å². The summed E-state index contributed by atoms with van der Waals surface area (Å²) < 4.78 is 6.15. The quantitative estimate of drug-likeness (QED) is 0.148. The Balaban J connectivity index is 1.30. The topological polar surface area (TPSA) is 171 Å². The molecular weight excluding hydrogens is 620 g/mol. The third kappa shape index (κ3) is 6.46. The number of thiazole rings is 1. The molecule has 0 saturated carbocycles. The average molecular weight is 659 g/mol. The van der Waals surface area contributed by atoms with Crippen molar-refractivity contribution in [1.29, 1.82) is 0 Å². The molecule has 2 saturated heterocycles. The Morgan fingerprint density at radius 2 is 1.89 bits per heavy atom. The minimum absolute atomic E-state index is 0.0573. The number of aromatic nitrogens is 1. The first-order chi connectivity index (χ1) is 22.7. The number of piperazine rings is 1. The van der Waals surface area contributed by atoms with Crippen LogP contribution in [0.4, 0.5) is 15.6 Å². The fourth-order valence-corrected chi connectivity index (χ4v) is 7.05. The maximum absolute atomic E-state index is 14.2. The predicted molar refractivity (Wildman–Crippen MR) is 179 cm³/mol. The van der Waals surface area contributed by atoms with Gasteiger partial charge in [-0.05, 0) is 53.4 Å². The van der Waals surface area contributed by atoms with E-state index in [2.05, 4.69) is 10.3 Å². The molecule has 1 aromatic heterocycles. The number of aromatic hydroxyl groups is 1. The second kappa shape index (κ2) is 13.3. The number of nitrogen functional groups attached to an aromatic ring is 2. The molecular formula is C33H38N8O5S. The largest absolute Gasteiger partial charge is 0.506 e. The number of carbonyl (C=O) groups excluding carboxylic acids is 3. The lowest BCUT2D eigenvalue weighted by Gasteiger charge is -2.46. The molecule has 0 bridgehead atoms. The van der Waals surface area contributed by atoms with Gasteiger partial charge in [0, 0.05) is 26.1 Å². The number of methoxy groups -OCH3 is 1. The van der Waals surface area contributed by atoms with Crippen LogP contribution in [0.25, 0.3) is 10.2 Å². The van der Waals surface area contributed by atoms with Crippen molar-refractivity contribution in [2.45, 2.75) is 45.1 Å². The van der Waals surface area contributed by atoms with Gasteiger partial charge in [-0.25, -0.2) is 9.78 Å². The minimum Gasteiger partial charge on any atom is -0.506 e. The number of nitrogens with two attached hydrogens (primary N) is 2. The lowest BCUT2D eigenvalue weighted by molar-refractivity contribution is -0.157. The zero-order valence-corrected chi connectivity index (χ0v) is 27.1. The number of benzene rings is 3. The number of nitrogens with one attached hydrogen (secondary N) is 1. The number of anilines is 2. The Kier molecular flexibility index (Phi) is 9.05. The van der Waals surface area contributed by atoms with Crippen molar-refractivity contribution in [3.8, 4) is 11.5 Å². The molecule has 0 radical (unpaired) electrons. The van der Waals surface area contributed by atoms with Gasteiger partial charge in [0.25, 0.3) is 0 Å². The SMILES string of the molecule is CCCN(C(=O)NCc1ccc(OC)cc1)N1CC(=O)N2[C@@H](Cc3ccc(O)c(N)c3)C(=O)N(Cc3cccc4sc(N)nc34)C[C@@H]21. The number of fused-ring (bicyclic) bond motifs is 2. The number of hydrazine groups is 1. The van der Waals surface area contributed by atoms with Gasteiger partial charge in [0.15, 0.2) is 5.13 Å². The van der Waals surface area contributed by atoms with Gasteiger partial charge in [0.05, 0.1) is 36.1 Å². The molecule has 4 amide bonds. The fourth-order valence-electron chi connectivity index (χ4n) is 6.27. The molecule has 14 heteroatoms. The van der Waals surface area contributed by atoms with Crippen LogP contribution < -0.4 is 21.5 Å². The highest BCUT2D eigenvalue weighted by molar-refractivity contribution is 7.22. The summed E-state index contributed by atoms with van der Waals surface area (Å²) in [6.07, 6.45) is 0.235. The average Bonchev–Trinajstić information content (AvgIpc) is 3.61. The van der Waals surface area contributed by atoms with Crippen LogP contribution in [0.3, 0.4) is 0 Å². The van der Waals surface area contributed by atoms with Crippen molar-refractivity contribution in [3.63, 3.8) is 0 Å². The molecule has 2 fully saturated rings. The Morgan fingerprint density at radius 3 is 2.62 bits per heavy atom. The van der Waals surface area contributed by atoms with E-state index in [9.17, 15) is 19.5 Å². The first kappa shape index (κ1) is 31.9. The van der Waals surface area contributed by atoms with Gasteiger partial charge < -0.3 is 36.4 Å². The van der Waals surface area contributed by atoms with E-state index >= 15 is 0 Å². The number of urea groups is 1. The number of ether oxygens (including phenoxy) is 1. The molecule has 0 aliphatic carbocycles. The van der Waals surface area contributed by atoms with Crippen LogP contribution in [0.15, 0.2) is 60.7 Å². The summed E-state index contributed by atoms with van der Waals surface area (Å²) in [5, 5.41) is 16.8. The number of para-hydroxylation sites is 1. The van der Waals surface area contributed by atoms with Gasteiger partial charge >= 0.3 is 6.03 Å². The van der Waals surface area contributed by atoms with Crippen LogP contribution in [0.5, 0.6) is 11.5 Å². The summed E-state index contributed by atoms with van der Waals surface area (Å²) in [6, 6.07) is 16.8. The number of phenols is 1. The predicted octanol–water partition coefficient (Wildman–Crippen LogP) is 3.14. The second-order valence-corrected chi connectivity index (χ2v) is 12.7. The summed E-state index contributed by atoms with van der Waals surface area (Å²) >= 11 is 1.38. The van der Waals surface area contributed by atoms with Crippen LogP contribution in [0, 0.1) is 0 Å². The molecule has 0 spiro atoms. The van der Waals surface area contributed by atoms with Crippen molar-refractivity contribution in [2.75, 3.05) is 38.2 Å². The maximum Gasteiger partial charge on any atom is 0.332 e. The van der Waals surface area contributed by atoms with E-state index in [0.29, 0.717) is 23.7 Å². The van der Waals surface area contributed by atoms with Crippen LogP contribution in [-0.4, -0.2) is 86.7 Å². The van der Waals surface area contributed by atoms with Gasteiger partial charge in [0.1, 0.15) is 23.7 Å². The van der Waals surface area contributed by atoms with Gasteiger partial charge in [0.2, 0.25) is 11.8 Å². The molecule has 3 heterocycles. The fraction of sp³-hybridized carbons (Fsp3) is 0.333. The first-order valence-electron chi connectivity index (χ1n) is 15.4. The second-order valence-electron chi connectivity index (χ2n) is 11.7. The van der Waals surface area contributed by atoms with Crippen LogP contribution >= 0.6 is 11.3 Å². The summed E-state index contributed by atoms with van der Waals surface area (Å²) in [6.45, 7) is 2.99. The van der Waals surface area contributed by atoms with E-state index in [1.807, 2.05) is 49.4 Å². The number of hydrogen-bond acceptors (Lipinski definition) is 10. The maximum atomic E-state index is 14.2. The molecule has 2 atom stereocenters. The van der Waals surface area contributed by atoms with Crippen molar-refractivity contribution < 1.29 is 24.2 Å². The van der Waals surface area contributed by atoms with Crippen LogP contribution in [0.2, 0.25) is 0 Å². The van der Waals surface area contributed by atoms with Crippen molar-refractivity contribution >= 4 is 50.2 Å². The zero-order chi connectivity index (χ0) is 33.2. The summed E-state index contributed by atoms with van der Waals surface area (Å²) in [7, 11) is 1.60. The number of nitrogens with zero attached hydrogens (tertiary/aromatic N) is 5. The highest BCUT2D eigenvalue weighted by Crippen LogP contribution is 2.33. The molecule has 246 valence electrons. The first-order valence-corrected chi connectivity index (χ1v) is 16.2. The molecule has 2 aliphatic heterocycles. The smallest absolute Gasteiger partial charge is 0.332 e. The molecule has 6 rings (SSSR count). The highest BCUT2D eigenvalue weighted by atomic mass is 32.1. The van der Waals surface area contributed by atoms with Crippen molar-refractivity contribution in [3.05, 3.63) is 77.4 Å². The zero-order valence-electron chi connectivity index (χ0n) is 26.3. The minimum atomic E-state index is -0.860. The van der Waals surface area contributed by atoms with Gasteiger partial charge in [-0.15, -0.1) is 0 Å². The number of carbonyl (C=O) groups is 3. The molecule has 13 nitrogen and oxygen atoms in total.